The minimum Gasteiger partial charge on any atom is -0.412 e. The zero-order valence-corrected chi connectivity index (χ0v) is 8.11. The molecule has 0 rings (SSSR count). The van der Waals surface area contributed by atoms with Crippen LogP contribution in [-0.2, 0) is 29.9 Å². The molecule has 7 nitrogen and oxygen atoms in total. The van der Waals surface area contributed by atoms with Gasteiger partial charge in [-0.1, -0.05) is 0 Å². The Hall–Kier alpha value is 0.373. The summed E-state index contributed by atoms with van der Waals surface area (Å²) >= 11 is 0. The van der Waals surface area contributed by atoms with E-state index in [9.17, 15) is 0 Å². The standard InChI is InChI=1S/H2O4S.3H2O.Zn/c1-5(2,3)4;;;;/h(H2,1,2,3,4);3*1H2;. The van der Waals surface area contributed by atoms with E-state index in [1.165, 1.54) is 0 Å². The van der Waals surface area contributed by atoms with Crippen molar-refractivity contribution in [1.29, 1.82) is 0 Å². The first kappa shape index (κ1) is 34.4. The Morgan fingerprint density at radius 3 is 0.889 bits per heavy atom. The molecule has 0 radical (unpaired) electrons. The van der Waals surface area contributed by atoms with Crippen molar-refractivity contribution in [2.45, 2.75) is 0 Å². The van der Waals surface area contributed by atoms with Crippen LogP contribution in [0, 0.1) is 0 Å². The first-order valence-electron chi connectivity index (χ1n) is 0.698. The quantitative estimate of drug-likeness (QED) is 0.323. The average molecular weight is 218 g/mol. The summed E-state index contributed by atoms with van der Waals surface area (Å²) in [6.07, 6.45) is 0. The van der Waals surface area contributed by atoms with Crippen molar-refractivity contribution in [1.82, 2.24) is 0 Å². The first-order chi connectivity index (χ1) is 2.00. The van der Waals surface area contributed by atoms with Gasteiger partial charge in [-0.2, -0.15) is 8.42 Å². The molecule has 0 fully saturated rings. The third-order valence-electron chi connectivity index (χ3n) is 0. The molecule has 0 saturated carbocycles. The van der Waals surface area contributed by atoms with Crippen molar-refractivity contribution in [2.75, 3.05) is 0 Å². The third kappa shape index (κ3) is 2440. The van der Waals surface area contributed by atoms with Crippen molar-refractivity contribution >= 4 is 10.4 Å². The molecule has 0 amide bonds. The van der Waals surface area contributed by atoms with Crippen LogP contribution in [0.5, 0.6) is 0 Å². The average Bonchev–Trinajstić information content (AvgIpc) is 0.722. The van der Waals surface area contributed by atoms with E-state index in [0.717, 1.165) is 0 Å². The van der Waals surface area contributed by atoms with E-state index >= 15 is 0 Å². The van der Waals surface area contributed by atoms with Gasteiger partial charge in [0.25, 0.3) is 0 Å². The molecular weight excluding hydrogens is 209 g/mol. The van der Waals surface area contributed by atoms with Crippen LogP contribution in [0.25, 0.3) is 0 Å². The molecule has 0 bridgehead atoms. The molecule has 0 aromatic rings. The van der Waals surface area contributed by atoms with Gasteiger partial charge in [-0.25, -0.2) is 0 Å². The molecule has 0 heterocycles. The monoisotopic (exact) mass is 216 g/mol. The van der Waals surface area contributed by atoms with Gasteiger partial charge in [0.1, 0.15) is 0 Å². The van der Waals surface area contributed by atoms with Gasteiger partial charge in [0, 0.05) is 19.5 Å². The zero-order chi connectivity index (χ0) is 4.50. The van der Waals surface area contributed by atoms with E-state index in [0.29, 0.717) is 0 Å². The van der Waals surface area contributed by atoms with Crippen molar-refractivity contribution in [3.8, 4) is 0 Å². The minimum atomic E-state index is -4.67. The Morgan fingerprint density at radius 2 is 0.889 bits per heavy atom. The van der Waals surface area contributed by atoms with E-state index in [4.69, 9.17) is 17.5 Å². The fraction of sp³-hybridized carbons (Fsp3) is 0. The van der Waals surface area contributed by atoms with Gasteiger partial charge in [0.05, 0.1) is 0 Å². The summed E-state index contributed by atoms with van der Waals surface area (Å²) in [5.41, 5.74) is 0. The molecule has 0 aliphatic rings. The second-order valence-corrected chi connectivity index (χ2v) is 1.34. The third-order valence-corrected chi connectivity index (χ3v) is 0. The largest absolute Gasteiger partial charge is 0.412 e. The van der Waals surface area contributed by atoms with E-state index in [2.05, 4.69) is 0 Å². The van der Waals surface area contributed by atoms with Gasteiger partial charge in [-0.15, -0.1) is 0 Å². The molecule has 0 aliphatic carbocycles. The van der Waals surface area contributed by atoms with Gasteiger partial charge < -0.3 is 16.4 Å². The fourth-order valence-electron chi connectivity index (χ4n) is 0. The molecule has 0 atom stereocenters. The van der Waals surface area contributed by atoms with Crippen LogP contribution in [0.15, 0.2) is 0 Å². The van der Waals surface area contributed by atoms with Gasteiger partial charge in [-0.05, 0) is 0 Å². The van der Waals surface area contributed by atoms with Crippen LogP contribution < -0.4 is 0 Å². The van der Waals surface area contributed by atoms with Crippen LogP contribution in [0.2, 0.25) is 0 Å². The predicted octanol–water partition coefficient (Wildman–Crippen LogP) is -3.13. The van der Waals surface area contributed by atoms with Crippen LogP contribution in [0.4, 0.5) is 0 Å². The SMILES string of the molecule is O.O.O.O=S(=O)(O)O.[Zn]. The van der Waals surface area contributed by atoms with Gasteiger partial charge >= 0.3 is 10.4 Å². The summed E-state index contributed by atoms with van der Waals surface area (Å²) in [7, 11) is -4.67. The second kappa shape index (κ2) is 11.2. The maximum atomic E-state index is 8.74. The first-order valence-corrected chi connectivity index (χ1v) is 2.10. The molecule has 9 heteroatoms. The normalized spacial score (nSPS) is 6.44. The molecule has 0 aromatic heterocycles. The second-order valence-electron chi connectivity index (χ2n) is 0.448. The Bertz CT molecular complexity index is 92.1. The number of hydrogen-bond acceptors (Lipinski definition) is 2. The smallest absolute Gasteiger partial charge is 0.394 e. The molecule has 0 saturated heterocycles. The van der Waals surface area contributed by atoms with Crippen molar-refractivity contribution in [2.24, 2.45) is 0 Å². The minimum absolute atomic E-state index is 0. The van der Waals surface area contributed by atoms with Crippen molar-refractivity contribution in [3.05, 3.63) is 0 Å². The molecule has 0 spiro atoms. The molecule has 0 aliphatic heterocycles. The van der Waals surface area contributed by atoms with Gasteiger partial charge in [0.15, 0.2) is 0 Å². The van der Waals surface area contributed by atoms with E-state index < -0.39 is 10.4 Å². The summed E-state index contributed by atoms with van der Waals surface area (Å²) in [6, 6.07) is 0. The fourth-order valence-corrected chi connectivity index (χ4v) is 0. The maximum Gasteiger partial charge on any atom is 0.394 e. The Morgan fingerprint density at radius 1 is 0.889 bits per heavy atom. The molecule has 0 unspecified atom stereocenters. The summed E-state index contributed by atoms with van der Waals surface area (Å²) in [5.74, 6) is 0. The molecule has 58 valence electrons. The Kier molecular flexibility index (Phi) is 42.8. The molecule has 0 aromatic carbocycles. The molecule has 8 N–H and O–H groups in total. The van der Waals surface area contributed by atoms with Crippen LogP contribution >= 0.6 is 0 Å². The summed E-state index contributed by atoms with van der Waals surface area (Å²) in [4.78, 5) is 0. The topological polar surface area (TPSA) is 169 Å². The molecular formula is H8O7SZn. The van der Waals surface area contributed by atoms with Crippen LogP contribution in [0.1, 0.15) is 0 Å². The Labute approximate surface area is 64.3 Å². The van der Waals surface area contributed by atoms with Crippen LogP contribution in [-0.4, -0.2) is 34.0 Å². The van der Waals surface area contributed by atoms with Crippen molar-refractivity contribution < 1.29 is 53.4 Å². The van der Waals surface area contributed by atoms with Gasteiger partial charge in [-0.3, -0.25) is 9.11 Å². The van der Waals surface area contributed by atoms with E-state index in [1.54, 1.807) is 0 Å². The van der Waals surface area contributed by atoms with Crippen LogP contribution in [0.3, 0.4) is 0 Å². The predicted molar refractivity (Wildman–Crippen MR) is 25.0 cm³/mol. The summed E-state index contributed by atoms with van der Waals surface area (Å²) < 4.78 is 31.6. The Balaban J connectivity index is -0.0000000133. The van der Waals surface area contributed by atoms with Crippen molar-refractivity contribution in [3.63, 3.8) is 0 Å². The summed E-state index contributed by atoms with van der Waals surface area (Å²) in [6.45, 7) is 0. The summed E-state index contributed by atoms with van der Waals surface area (Å²) in [5, 5.41) is 0. The zero-order valence-electron chi connectivity index (χ0n) is 4.33. The van der Waals surface area contributed by atoms with E-state index in [-0.39, 0.29) is 35.9 Å². The van der Waals surface area contributed by atoms with Gasteiger partial charge in [0.2, 0.25) is 0 Å². The number of hydrogen-bond donors (Lipinski definition) is 2. The maximum absolute atomic E-state index is 8.74. The van der Waals surface area contributed by atoms with E-state index in [1.807, 2.05) is 0 Å². The number of rotatable bonds is 0. The molecule has 9 heavy (non-hydrogen) atoms.